The molecule has 0 spiro atoms. The molecule has 0 amide bonds. The van der Waals surface area contributed by atoms with E-state index in [2.05, 4.69) is 57.3 Å². The van der Waals surface area contributed by atoms with Crippen LogP contribution in [0.1, 0.15) is 69.7 Å². The molecular formula is C45H42F6N3+. The van der Waals surface area contributed by atoms with Gasteiger partial charge in [0.1, 0.15) is 6.54 Å². The molecule has 0 aromatic heterocycles. The normalized spacial score (nSPS) is 19.2. The van der Waals surface area contributed by atoms with E-state index in [1.54, 1.807) is 6.07 Å². The predicted molar refractivity (Wildman–Crippen MR) is 205 cm³/mol. The smallest absolute Gasteiger partial charge is 0.358 e. The molecule has 4 aromatic carbocycles. The topological polar surface area (TPSA) is 18.3 Å². The van der Waals surface area contributed by atoms with Gasteiger partial charge in [0.15, 0.2) is 5.71 Å². The second kappa shape index (κ2) is 13.5. The molecule has 4 aromatic rings. The van der Waals surface area contributed by atoms with Gasteiger partial charge >= 0.3 is 12.4 Å². The number of anilines is 3. The molecule has 0 bridgehead atoms. The van der Waals surface area contributed by atoms with E-state index in [0.717, 1.165) is 57.4 Å². The first-order valence-electron chi connectivity index (χ1n) is 18.1. The molecule has 278 valence electrons. The number of hydrogen-bond acceptors (Lipinski definition) is 2. The Hall–Kier alpha value is -5.31. The van der Waals surface area contributed by atoms with Crippen molar-refractivity contribution in [3.8, 4) is 0 Å². The zero-order valence-electron chi connectivity index (χ0n) is 30.8. The van der Waals surface area contributed by atoms with E-state index >= 15 is 0 Å². The lowest BCUT2D eigenvalue weighted by Crippen LogP contribution is -2.28. The summed E-state index contributed by atoms with van der Waals surface area (Å²) in [5, 5.41) is 3.38. The van der Waals surface area contributed by atoms with Gasteiger partial charge in [-0.15, -0.1) is 0 Å². The fourth-order valence-electron chi connectivity index (χ4n) is 7.98. The maximum atomic E-state index is 13.8. The maximum Gasteiger partial charge on any atom is 0.416 e. The Morgan fingerprint density at radius 2 is 1.26 bits per heavy atom. The van der Waals surface area contributed by atoms with Gasteiger partial charge in [-0.3, -0.25) is 0 Å². The van der Waals surface area contributed by atoms with Crippen molar-refractivity contribution in [1.82, 2.24) is 0 Å². The zero-order valence-corrected chi connectivity index (χ0v) is 30.8. The minimum absolute atomic E-state index is 0.585. The number of benzene rings is 4. The lowest BCUT2D eigenvalue weighted by atomic mass is 9.80. The first-order valence-corrected chi connectivity index (χ1v) is 18.1. The monoisotopic (exact) mass is 738 g/mol. The molecular weight excluding hydrogens is 697 g/mol. The summed E-state index contributed by atoms with van der Waals surface area (Å²) in [4.78, 5) is 2.22. The van der Waals surface area contributed by atoms with Crippen LogP contribution in [0.4, 0.5) is 49.1 Å². The van der Waals surface area contributed by atoms with Crippen molar-refractivity contribution in [1.29, 1.82) is 0 Å². The molecule has 3 nitrogen and oxygen atoms in total. The van der Waals surface area contributed by atoms with Crippen LogP contribution in [0, 0.1) is 0 Å². The lowest BCUT2D eigenvalue weighted by Gasteiger charge is -2.28. The Balaban J connectivity index is 1.35. The van der Waals surface area contributed by atoms with Crippen molar-refractivity contribution in [3.63, 3.8) is 0 Å². The van der Waals surface area contributed by atoms with Gasteiger partial charge in [-0.1, -0.05) is 62.4 Å². The van der Waals surface area contributed by atoms with Crippen molar-refractivity contribution in [2.24, 2.45) is 0 Å². The highest BCUT2D eigenvalue weighted by Crippen LogP contribution is 2.48. The van der Waals surface area contributed by atoms with E-state index < -0.39 is 34.3 Å². The third kappa shape index (κ3) is 6.58. The molecule has 0 saturated carbocycles. The number of hydrogen-bond donors (Lipinski definition) is 1. The summed E-state index contributed by atoms with van der Waals surface area (Å²) in [6.45, 7) is 10.4. The average molecular weight is 739 g/mol. The lowest BCUT2D eigenvalue weighted by molar-refractivity contribution is -0.433. The second-order valence-corrected chi connectivity index (χ2v) is 15.0. The van der Waals surface area contributed by atoms with Crippen LogP contribution in [0.3, 0.4) is 0 Å². The maximum absolute atomic E-state index is 13.8. The Labute approximate surface area is 312 Å². The van der Waals surface area contributed by atoms with Crippen molar-refractivity contribution in [2.45, 2.75) is 70.6 Å². The van der Waals surface area contributed by atoms with Gasteiger partial charge in [0.25, 0.3) is 0 Å². The first-order chi connectivity index (χ1) is 25.5. The fraction of sp³-hybridized carbons (Fsp3) is 0.267. The van der Waals surface area contributed by atoms with Crippen LogP contribution in [-0.4, -0.2) is 16.8 Å². The highest BCUT2D eigenvalue weighted by molar-refractivity contribution is 6.03. The van der Waals surface area contributed by atoms with Gasteiger partial charge in [0.2, 0.25) is 5.69 Å². The molecule has 1 aliphatic carbocycles. The van der Waals surface area contributed by atoms with Crippen LogP contribution in [-0.2, 0) is 23.2 Å². The molecule has 0 fully saturated rings. The zero-order chi connectivity index (χ0) is 38.6. The molecule has 2 heterocycles. The van der Waals surface area contributed by atoms with E-state index in [-0.39, 0.29) is 0 Å². The molecule has 54 heavy (non-hydrogen) atoms. The summed E-state index contributed by atoms with van der Waals surface area (Å²) in [5.74, 6) is 0. The number of allylic oxidation sites excluding steroid dienone is 7. The summed E-state index contributed by atoms with van der Waals surface area (Å²) in [7, 11) is 0. The summed E-state index contributed by atoms with van der Waals surface area (Å²) in [5.41, 5.74) is 6.58. The number of para-hydroxylation sites is 2. The van der Waals surface area contributed by atoms with E-state index in [9.17, 15) is 26.3 Å². The third-order valence-electron chi connectivity index (χ3n) is 10.9. The van der Waals surface area contributed by atoms with E-state index in [1.807, 2.05) is 77.1 Å². The average Bonchev–Trinajstić information content (AvgIpc) is 3.72. The van der Waals surface area contributed by atoms with Gasteiger partial charge in [0, 0.05) is 45.9 Å². The van der Waals surface area contributed by atoms with Crippen molar-refractivity contribution in [3.05, 3.63) is 166 Å². The number of rotatable bonds is 7. The highest BCUT2D eigenvalue weighted by atomic mass is 19.4. The SMILES string of the molecule is CC[N+]1=C(/C=C/C2=C(N(c3ccccc3)c3ccccc3)C(=C/C=C3/Nc4ccc(C(F)(F)F)cc4C3(C)C)/CC2)C(C)(C)c2cc(C(F)(F)F)ccc21. The molecule has 9 heteroatoms. The van der Waals surface area contributed by atoms with E-state index in [4.69, 9.17) is 0 Å². The van der Waals surface area contributed by atoms with E-state index in [1.165, 1.54) is 18.2 Å². The number of halogens is 6. The second-order valence-electron chi connectivity index (χ2n) is 15.0. The van der Waals surface area contributed by atoms with Gasteiger partial charge < -0.3 is 10.2 Å². The summed E-state index contributed by atoms with van der Waals surface area (Å²) >= 11 is 0. The number of alkyl halides is 6. The summed E-state index contributed by atoms with van der Waals surface area (Å²) < 4.78 is 84.5. The molecule has 3 aliphatic rings. The number of fused-ring (bicyclic) bond motifs is 2. The van der Waals surface area contributed by atoms with Crippen LogP contribution in [0.25, 0.3) is 0 Å². The highest BCUT2D eigenvalue weighted by Gasteiger charge is 2.46. The predicted octanol–water partition coefficient (Wildman–Crippen LogP) is 12.8. The fourth-order valence-corrected chi connectivity index (χ4v) is 7.98. The van der Waals surface area contributed by atoms with Crippen LogP contribution >= 0.6 is 0 Å². The molecule has 0 unspecified atom stereocenters. The minimum atomic E-state index is -4.45. The van der Waals surface area contributed by atoms with Gasteiger partial charge in [-0.25, -0.2) is 0 Å². The Bertz CT molecular complexity index is 2210. The molecule has 0 atom stereocenters. The van der Waals surface area contributed by atoms with Crippen molar-refractivity contribution < 1.29 is 30.9 Å². The largest absolute Gasteiger partial charge is 0.416 e. The number of nitrogens with one attached hydrogen (secondary N) is 1. The van der Waals surface area contributed by atoms with E-state index in [0.29, 0.717) is 36.2 Å². The third-order valence-corrected chi connectivity index (χ3v) is 10.9. The van der Waals surface area contributed by atoms with Crippen LogP contribution < -0.4 is 10.2 Å². The summed E-state index contributed by atoms with van der Waals surface area (Å²) in [6, 6.07) is 27.9. The van der Waals surface area contributed by atoms with Gasteiger partial charge in [-0.2, -0.15) is 30.9 Å². The Kier molecular flexibility index (Phi) is 9.27. The molecule has 0 radical (unpaired) electrons. The van der Waals surface area contributed by atoms with Crippen molar-refractivity contribution >= 4 is 28.5 Å². The van der Waals surface area contributed by atoms with Crippen LogP contribution in [0.5, 0.6) is 0 Å². The molecule has 0 saturated heterocycles. The quantitative estimate of drug-likeness (QED) is 0.150. The van der Waals surface area contributed by atoms with Crippen LogP contribution in [0.15, 0.2) is 144 Å². The standard InChI is InChI=1S/C45H41F6N3/c1-6-53-38-24-22-32(45(49,50)51)28-36(38)43(4,5)40(53)26-20-30-18-17-29(41(30)54(33-13-9-7-10-14-33)34-15-11-8-12-16-34)19-25-39-42(2,3)35-27-31(44(46,47)48)21-23-37(35)52-39/h7-16,19-28H,6,17-18H2,1-5H3/p+1. The van der Waals surface area contributed by atoms with Gasteiger partial charge in [0.05, 0.1) is 22.2 Å². The van der Waals surface area contributed by atoms with Gasteiger partial charge in [-0.05, 0) is 111 Å². The summed E-state index contributed by atoms with van der Waals surface area (Å²) in [6.07, 6.45) is 0.711. The molecule has 7 rings (SSSR count). The first kappa shape index (κ1) is 37.0. The Morgan fingerprint density at radius 1 is 0.685 bits per heavy atom. The Morgan fingerprint density at radius 3 is 1.83 bits per heavy atom. The number of nitrogens with zero attached hydrogens (tertiary/aromatic N) is 2. The van der Waals surface area contributed by atoms with Crippen molar-refractivity contribution in [2.75, 3.05) is 16.8 Å². The van der Waals surface area contributed by atoms with Crippen LogP contribution in [0.2, 0.25) is 0 Å². The minimum Gasteiger partial charge on any atom is -0.358 e. The molecule has 1 N–H and O–H groups in total. The molecule has 2 aliphatic heterocycles.